The average Bonchev–Trinajstić information content (AvgIpc) is 2.26. The van der Waals surface area contributed by atoms with Gasteiger partial charge in [-0.05, 0) is 54.4 Å². The summed E-state index contributed by atoms with van der Waals surface area (Å²) in [6, 6.07) is 6.57. The number of nitrogens with one attached hydrogen (secondary N) is 1. The summed E-state index contributed by atoms with van der Waals surface area (Å²) in [4.78, 5) is 14.4. The molecular weight excluding hydrogens is 292 g/mol. The highest BCUT2D eigenvalue weighted by Crippen LogP contribution is 2.21. The van der Waals surface area contributed by atoms with E-state index in [0.29, 0.717) is 12.1 Å². The maximum atomic E-state index is 12.5. The van der Waals surface area contributed by atoms with Crippen molar-refractivity contribution in [3.8, 4) is 0 Å². The summed E-state index contributed by atoms with van der Waals surface area (Å²) in [5, 5.41) is 3.43. The first-order valence-electron chi connectivity index (χ1n) is 6.29. The molecule has 0 aromatic heterocycles. The van der Waals surface area contributed by atoms with E-state index in [9.17, 15) is 4.79 Å². The van der Waals surface area contributed by atoms with E-state index in [1.54, 1.807) is 0 Å². The van der Waals surface area contributed by atoms with Gasteiger partial charge in [-0.3, -0.25) is 4.79 Å². The van der Waals surface area contributed by atoms with Crippen molar-refractivity contribution in [2.45, 2.75) is 32.9 Å². The molecule has 98 valence electrons. The summed E-state index contributed by atoms with van der Waals surface area (Å²) in [5.41, 5.74) is 1.90. The number of piperazine rings is 1. The molecule has 4 heteroatoms. The van der Waals surface area contributed by atoms with E-state index in [2.05, 4.69) is 35.1 Å². The van der Waals surface area contributed by atoms with Crippen LogP contribution >= 0.6 is 15.9 Å². The molecule has 1 heterocycles. The van der Waals surface area contributed by atoms with Crippen molar-refractivity contribution in [2.75, 3.05) is 13.1 Å². The molecule has 1 saturated heterocycles. The van der Waals surface area contributed by atoms with E-state index in [1.165, 1.54) is 0 Å². The number of hydrogen-bond acceptors (Lipinski definition) is 2. The lowest BCUT2D eigenvalue weighted by molar-refractivity contribution is 0.0673. The molecule has 0 spiro atoms. The van der Waals surface area contributed by atoms with E-state index < -0.39 is 0 Å². The molecule has 18 heavy (non-hydrogen) atoms. The van der Waals surface area contributed by atoms with Crippen LogP contribution in [0.5, 0.6) is 0 Å². The molecule has 1 fully saturated rings. The molecule has 1 amide bonds. The first-order chi connectivity index (χ1) is 8.47. The molecule has 1 N–H and O–H groups in total. The number of nitrogens with zero attached hydrogens (tertiary/aromatic N) is 1. The largest absolute Gasteiger partial charge is 0.336 e. The molecule has 0 bridgehead atoms. The molecule has 0 aliphatic carbocycles. The Balaban J connectivity index is 2.20. The maximum absolute atomic E-state index is 12.5. The van der Waals surface area contributed by atoms with E-state index in [0.717, 1.165) is 28.7 Å². The third-order valence-electron chi connectivity index (χ3n) is 3.20. The van der Waals surface area contributed by atoms with Crippen LogP contribution in [0.25, 0.3) is 0 Å². The summed E-state index contributed by atoms with van der Waals surface area (Å²) in [6.45, 7) is 7.78. The van der Waals surface area contributed by atoms with E-state index in [-0.39, 0.29) is 5.91 Å². The minimum Gasteiger partial charge on any atom is -0.336 e. The quantitative estimate of drug-likeness (QED) is 0.864. The fraction of sp³-hybridized carbons (Fsp3) is 0.500. The topological polar surface area (TPSA) is 32.3 Å². The van der Waals surface area contributed by atoms with Crippen LogP contribution in [-0.2, 0) is 0 Å². The van der Waals surface area contributed by atoms with E-state index in [1.807, 2.05) is 30.0 Å². The monoisotopic (exact) mass is 310 g/mol. The van der Waals surface area contributed by atoms with Crippen molar-refractivity contribution in [1.29, 1.82) is 0 Å². The summed E-state index contributed by atoms with van der Waals surface area (Å²) in [7, 11) is 0. The van der Waals surface area contributed by atoms with Gasteiger partial charge >= 0.3 is 0 Å². The van der Waals surface area contributed by atoms with E-state index >= 15 is 0 Å². The molecular formula is C14H19BrN2O. The zero-order chi connectivity index (χ0) is 13.3. The maximum Gasteiger partial charge on any atom is 0.255 e. The van der Waals surface area contributed by atoms with Gasteiger partial charge in [0.2, 0.25) is 0 Å². The van der Waals surface area contributed by atoms with Gasteiger partial charge in [0.15, 0.2) is 0 Å². The predicted molar refractivity (Wildman–Crippen MR) is 76.8 cm³/mol. The molecule has 1 aliphatic heterocycles. The third-order valence-corrected chi connectivity index (χ3v) is 3.86. The molecule has 2 rings (SSSR count). The van der Waals surface area contributed by atoms with Gasteiger partial charge in [-0.15, -0.1) is 0 Å². The van der Waals surface area contributed by atoms with Crippen LogP contribution < -0.4 is 5.32 Å². The van der Waals surface area contributed by atoms with Crippen LogP contribution in [0.15, 0.2) is 22.7 Å². The van der Waals surface area contributed by atoms with Crippen molar-refractivity contribution < 1.29 is 4.79 Å². The Morgan fingerprint density at radius 2 is 1.94 bits per heavy atom. The molecule has 2 atom stereocenters. The number of carbonyl (C=O) groups excluding carboxylic acids is 1. The molecule has 0 radical (unpaired) electrons. The predicted octanol–water partition coefficient (Wildman–Crippen LogP) is 2.58. The number of hydrogen-bond donors (Lipinski definition) is 1. The highest BCUT2D eigenvalue weighted by Gasteiger charge is 2.26. The first-order valence-corrected chi connectivity index (χ1v) is 7.08. The van der Waals surface area contributed by atoms with Gasteiger partial charge in [0.25, 0.3) is 5.91 Å². The lowest BCUT2D eigenvalue weighted by Crippen LogP contribution is -2.55. The second-order valence-electron chi connectivity index (χ2n) is 5.16. The summed E-state index contributed by atoms with van der Waals surface area (Å²) in [5.74, 6) is 0.113. The Bertz CT molecular complexity index is 451. The molecule has 1 aromatic rings. The van der Waals surface area contributed by atoms with Crippen molar-refractivity contribution in [1.82, 2.24) is 10.2 Å². The molecule has 1 aliphatic rings. The summed E-state index contributed by atoms with van der Waals surface area (Å²) in [6.07, 6.45) is 0. The zero-order valence-corrected chi connectivity index (χ0v) is 12.6. The Morgan fingerprint density at radius 3 is 2.50 bits per heavy atom. The van der Waals surface area contributed by atoms with Crippen LogP contribution in [0.3, 0.4) is 0 Å². The average molecular weight is 311 g/mol. The normalized spacial score (nSPS) is 24.1. The van der Waals surface area contributed by atoms with Gasteiger partial charge in [0, 0.05) is 29.6 Å². The minimum atomic E-state index is 0.113. The van der Waals surface area contributed by atoms with Crippen LogP contribution in [0.4, 0.5) is 0 Å². The molecule has 1 aromatic carbocycles. The van der Waals surface area contributed by atoms with Crippen molar-refractivity contribution in [2.24, 2.45) is 0 Å². The number of amides is 1. The number of aryl methyl sites for hydroxylation is 1. The summed E-state index contributed by atoms with van der Waals surface area (Å²) >= 11 is 3.48. The van der Waals surface area contributed by atoms with Crippen LogP contribution in [0, 0.1) is 6.92 Å². The van der Waals surface area contributed by atoms with Crippen molar-refractivity contribution in [3.63, 3.8) is 0 Å². The first kappa shape index (κ1) is 13.6. The number of carbonyl (C=O) groups is 1. The van der Waals surface area contributed by atoms with Crippen LogP contribution in [0.2, 0.25) is 0 Å². The number of halogens is 1. The molecule has 3 nitrogen and oxygen atoms in total. The Kier molecular flexibility index (Phi) is 4.07. The Hall–Kier alpha value is -0.870. The van der Waals surface area contributed by atoms with Crippen LogP contribution in [0.1, 0.15) is 29.8 Å². The standard InChI is InChI=1S/C14H19BrN2O/c1-9-4-5-12(13(15)6-9)14(18)17-7-10(2)16-11(3)8-17/h4-6,10-11,16H,7-8H2,1-3H3. The highest BCUT2D eigenvalue weighted by atomic mass is 79.9. The fourth-order valence-electron chi connectivity index (χ4n) is 2.46. The van der Waals surface area contributed by atoms with Gasteiger partial charge < -0.3 is 10.2 Å². The van der Waals surface area contributed by atoms with Gasteiger partial charge in [0.05, 0.1) is 5.56 Å². The zero-order valence-electron chi connectivity index (χ0n) is 11.0. The Morgan fingerprint density at radius 1 is 1.33 bits per heavy atom. The fourth-order valence-corrected chi connectivity index (χ4v) is 3.12. The smallest absolute Gasteiger partial charge is 0.255 e. The number of benzene rings is 1. The van der Waals surface area contributed by atoms with Crippen molar-refractivity contribution >= 4 is 21.8 Å². The van der Waals surface area contributed by atoms with Crippen LogP contribution in [-0.4, -0.2) is 36.0 Å². The van der Waals surface area contributed by atoms with Gasteiger partial charge in [-0.2, -0.15) is 0 Å². The lowest BCUT2D eigenvalue weighted by Gasteiger charge is -2.36. The summed E-state index contributed by atoms with van der Waals surface area (Å²) < 4.78 is 0.881. The second kappa shape index (κ2) is 5.41. The number of rotatable bonds is 1. The molecule has 2 unspecified atom stereocenters. The minimum absolute atomic E-state index is 0.113. The second-order valence-corrected chi connectivity index (χ2v) is 6.02. The SMILES string of the molecule is Cc1ccc(C(=O)N2CC(C)NC(C)C2)c(Br)c1. The van der Waals surface area contributed by atoms with E-state index in [4.69, 9.17) is 0 Å². The van der Waals surface area contributed by atoms with Crippen molar-refractivity contribution in [3.05, 3.63) is 33.8 Å². The Labute approximate surface area is 117 Å². The lowest BCUT2D eigenvalue weighted by atomic mass is 10.1. The molecule has 0 saturated carbocycles. The highest BCUT2D eigenvalue weighted by molar-refractivity contribution is 9.10. The van der Waals surface area contributed by atoms with Gasteiger partial charge in [-0.1, -0.05) is 6.07 Å². The van der Waals surface area contributed by atoms with Gasteiger partial charge in [0.1, 0.15) is 0 Å². The third kappa shape index (κ3) is 2.93. The van der Waals surface area contributed by atoms with Gasteiger partial charge in [-0.25, -0.2) is 0 Å².